The van der Waals surface area contributed by atoms with E-state index in [1.165, 1.54) is 12.8 Å². The summed E-state index contributed by atoms with van der Waals surface area (Å²) in [5.74, 6) is 1.62. The zero-order chi connectivity index (χ0) is 12.4. The summed E-state index contributed by atoms with van der Waals surface area (Å²) < 4.78 is 2.32. The van der Waals surface area contributed by atoms with Gasteiger partial charge in [-0.15, -0.1) is 0 Å². The van der Waals surface area contributed by atoms with Crippen LogP contribution in [0.3, 0.4) is 0 Å². The van der Waals surface area contributed by atoms with E-state index in [1.807, 2.05) is 6.33 Å². The third kappa shape index (κ3) is 2.89. The number of imidazole rings is 1. The molecule has 3 nitrogen and oxygen atoms in total. The van der Waals surface area contributed by atoms with Crippen LogP contribution in [0, 0.1) is 11.8 Å². The zero-order valence-electron chi connectivity index (χ0n) is 11.5. The van der Waals surface area contributed by atoms with Crippen molar-refractivity contribution in [2.24, 2.45) is 11.8 Å². The van der Waals surface area contributed by atoms with Crippen LogP contribution in [-0.4, -0.2) is 15.6 Å². The number of nitrogens with one attached hydrogen (secondary N) is 1. The lowest BCUT2D eigenvalue weighted by Crippen LogP contribution is -2.22. The normalized spacial score (nSPS) is 29.1. The number of hydrogen-bond acceptors (Lipinski definition) is 2. The van der Waals surface area contributed by atoms with Gasteiger partial charge in [-0.25, -0.2) is 4.98 Å². The van der Waals surface area contributed by atoms with Crippen LogP contribution < -0.4 is 5.32 Å². The first-order valence-corrected chi connectivity index (χ1v) is 6.83. The minimum absolute atomic E-state index is 0.519. The topological polar surface area (TPSA) is 29.9 Å². The van der Waals surface area contributed by atoms with Crippen molar-refractivity contribution in [3.05, 3.63) is 18.2 Å². The van der Waals surface area contributed by atoms with Gasteiger partial charge in [-0.2, -0.15) is 0 Å². The van der Waals surface area contributed by atoms with E-state index in [9.17, 15) is 0 Å². The molecule has 0 radical (unpaired) electrons. The van der Waals surface area contributed by atoms with Gasteiger partial charge in [0, 0.05) is 24.8 Å². The van der Waals surface area contributed by atoms with Crippen molar-refractivity contribution in [3.8, 4) is 0 Å². The highest BCUT2D eigenvalue weighted by atomic mass is 15.1. The molecule has 0 aromatic carbocycles. The van der Waals surface area contributed by atoms with E-state index in [-0.39, 0.29) is 0 Å². The van der Waals surface area contributed by atoms with Crippen LogP contribution in [0.5, 0.6) is 0 Å². The lowest BCUT2D eigenvalue weighted by molar-refractivity contribution is 0.352. The first-order valence-electron chi connectivity index (χ1n) is 6.83. The van der Waals surface area contributed by atoms with Gasteiger partial charge in [0.2, 0.25) is 0 Å². The summed E-state index contributed by atoms with van der Waals surface area (Å²) in [4.78, 5) is 4.49. The van der Waals surface area contributed by atoms with E-state index in [2.05, 4.69) is 48.8 Å². The van der Waals surface area contributed by atoms with Gasteiger partial charge in [0.25, 0.3) is 0 Å². The Bertz CT molecular complexity index is 356. The molecule has 1 fully saturated rings. The second-order valence-corrected chi connectivity index (χ2v) is 5.83. The van der Waals surface area contributed by atoms with Crippen LogP contribution in [0.15, 0.2) is 12.5 Å². The van der Waals surface area contributed by atoms with Crippen LogP contribution in [0.25, 0.3) is 0 Å². The quantitative estimate of drug-likeness (QED) is 0.869. The van der Waals surface area contributed by atoms with E-state index in [1.54, 1.807) is 0 Å². The number of hydrogen-bond donors (Lipinski definition) is 1. The molecule has 96 valence electrons. The Morgan fingerprint density at radius 1 is 1.41 bits per heavy atom. The first kappa shape index (κ1) is 12.6. The molecular formula is C14H25N3. The minimum atomic E-state index is 0.519. The third-order valence-electron chi connectivity index (χ3n) is 4.15. The minimum Gasteiger partial charge on any atom is -0.334 e. The predicted molar refractivity (Wildman–Crippen MR) is 70.8 cm³/mol. The molecule has 0 saturated heterocycles. The van der Waals surface area contributed by atoms with E-state index in [0.717, 1.165) is 24.1 Å². The Hall–Kier alpha value is -0.830. The van der Waals surface area contributed by atoms with Crippen LogP contribution in [0.1, 0.15) is 52.3 Å². The van der Waals surface area contributed by atoms with Gasteiger partial charge in [-0.05, 0) is 24.7 Å². The zero-order valence-corrected chi connectivity index (χ0v) is 11.5. The average molecular weight is 235 g/mol. The standard InChI is InChI=1S/C14H25N3/c1-10(2)15-7-13-8-17(9-16-13)14-6-5-11(3)12(14)4/h8-12,14-15H,5-7H2,1-4H3. The molecule has 2 rings (SSSR count). The Morgan fingerprint density at radius 2 is 2.18 bits per heavy atom. The summed E-state index contributed by atoms with van der Waals surface area (Å²) in [6.07, 6.45) is 6.88. The molecule has 0 bridgehead atoms. The lowest BCUT2D eigenvalue weighted by atomic mass is 9.98. The maximum atomic E-state index is 4.49. The number of nitrogens with zero attached hydrogens (tertiary/aromatic N) is 2. The van der Waals surface area contributed by atoms with Crippen molar-refractivity contribution in [2.75, 3.05) is 0 Å². The fourth-order valence-corrected chi connectivity index (χ4v) is 2.72. The predicted octanol–water partition coefficient (Wildman–Crippen LogP) is 2.99. The third-order valence-corrected chi connectivity index (χ3v) is 4.15. The maximum Gasteiger partial charge on any atom is 0.0952 e. The van der Waals surface area contributed by atoms with Crippen molar-refractivity contribution in [1.29, 1.82) is 0 Å². The fourth-order valence-electron chi connectivity index (χ4n) is 2.72. The molecule has 17 heavy (non-hydrogen) atoms. The number of aromatic nitrogens is 2. The smallest absolute Gasteiger partial charge is 0.0952 e. The SMILES string of the molecule is CC(C)NCc1cn(C2CCC(C)C2C)cn1. The summed E-state index contributed by atoms with van der Waals surface area (Å²) in [6, 6.07) is 1.18. The highest BCUT2D eigenvalue weighted by Gasteiger charge is 2.30. The second kappa shape index (κ2) is 5.21. The summed E-state index contributed by atoms with van der Waals surface area (Å²) in [6.45, 7) is 9.94. The molecule has 1 aromatic heterocycles. The molecule has 0 spiro atoms. The Kier molecular flexibility index (Phi) is 3.87. The Balaban J connectivity index is 1.98. The van der Waals surface area contributed by atoms with Crippen LogP contribution in [0.2, 0.25) is 0 Å². The van der Waals surface area contributed by atoms with Gasteiger partial charge in [-0.1, -0.05) is 27.7 Å². The van der Waals surface area contributed by atoms with Gasteiger partial charge in [0.05, 0.1) is 12.0 Å². The van der Waals surface area contributed by atoms with Gasteiger partial charge in [0.15, 0.2) is 0 Å². The van der Waals surface area contributed by atoms with E-state index in [0.29, 0.717) is 12.1 Å². The summed E-state index contributed by atoms with van der Waals surface area (Å²) in [5, 5.41) is 3.41. The van der Waals surface area contributed by atoms with Crippen molar-refractivity contribution in [2.45, 2.75) is 59.2 Å². The van der Waals surface area contributed by atoms with Crippen LogP contribution in [-0.2, 0) is 6.54 Å². The molecule has 1 aliphatic carbocycles. The van der Waals surface area contributed by atoms with Crippen LogP contribution in [0.4, 0.5) is 0 Å². The summed E-state index contributed by atoms with van der Waals surface area (Å²) in [7, 11) is 0. The molecular weight excluding hydrogens is 210 g/mol. The van der Waals surface area contributed by atoms with Gasteiger partial charge in [-0.3, -0.25) is 0 Å². The summed E-state index contributed by atoms with van der Waals surface area (Å²) >= 11 is 0. The molecule has 1 aromatic rings. The highest BCUT2D eigenvalue weighted by Crippen LogP contribution is 2.39. The maximum absolute atomic E-state index is 4.49. The average Bonchev–Trinajstić information content (AvgIpc) is 2.85. The van der Waals surface area contributed by atoms with Crippen molar-refractivity contribution < 1.29 is 0 Å². The van der Waals surface area contributed by atoms with Crippen LogP contribution >= 0.6 is 0 Å². The first-order chi connectivity index (χ1) is 8.08. The van der Waals surface area contributed by atoms with Gasteiger partial charge < -0.3 is 9.88 Å². The Morgan fingerprint density at radius 3 is 2.76 bits per heavy atom. The van der Waals surface area contributed by atoms with Gasteiger partial charge >= 0.3 is 0 Å². The molecule has 3 heteroatoms. The largest absolute Gasteiger partial charge is 0.334 e. The van der Waals surface area contributed by atoms with Gasteiger partial charge in [0.1, 0.15) is 0 Å². The summed E-state index contributed by atoms with van der Waals surface area (Å²) in [5.41, 5.74) is 1.16. The van der Waals surface area contributed by atoms with Crippen molar-refractivity contribution in [3.63, 3.8) is 0 Å². The van der Waals surface area contributed by atoms with Crippen molar-refractivity contribution in [1.82, 2.24) is 14.9 Å². The van der Waals surface area contributed by atoms with E-state index in [4.69, 9.17) is 0 Å². The molecule has 1 N–H and O–H groups in total. The fraction of sp³-hybridized carbons (Fsp3) is 0.786. The number of rotatable bonds is 4. The molecule has 1 aliphatic rings. The monoisotopic (exact) mass is 235 g/mol. The molecule has 0 aliphatic heterocycles. The Labute approximate surface area is 105 Å². The lowest BCUT2D eigenvalue weighted by Gasteiger charge is -2.19. The molecule has 1 heterocycles. The van der Waals surface area contributed by atoms with E-state index >= 15 is 0 Å². The molecule has 3 unspecified atom stereocenters. The highest BCUT2D eigenvalue weighted by molar-refractivity contribution is 5.00. The van der Waals surface area contributed by atoms with Crippen molar-refractivity contribution >= 4 is 0 Å². The van der Waals surface area contributed by atoms with E-state index < -0.39 is 0 Å². The second-order valence-electron chi connectivity index (χ2n) is 5.83. The molecule has 0 amide bonds. The molecule has 3 atom stereocenters. The molecule has 1 saturated carbocycles.